The van der Waals surface area contributed by atoms with Crippen LogP contribution in [0, 0.1) is 27.3 Å². The third-order valence-corrected chi connectivity index (χ3v) is 9.47. The van der Waals surface area contributed by atoms with Crippen LogP contribution in [0.2, 0.25) is 19.6 Å². The first-order valence-electron chi connectivity index (χ1n) is 12.1. The van der Waals surface area contributed by atoms with E-state index in [0.717, 1.165) is 38.6 Å². The molecule has 0 aliphatic heterocycles. The molecule has 174 valence electrons. The van der Waals surface area contributed by atoms with E-state index in [-0.39, 0.29) is 0 Å². The Morgan fingerprint density at radius 2 is 1.46 bits per heavy atom. The molecule has 2 heterocycles. The van der Waals surface area contributed by atoms with Gasteiger partial charge in [0.05, 0.1) is 20.2 Å². The first-order chi connectivity index (χ1) is 16.6. The van der Waals surface area contributed by atoms with Gasteiger partial charge in [0.25, 0.3) is 0 Å². The van der Waals surface area contributed by atoms with Crippen molar-refractivity contribution in [3.8, 4) is 22.4 Å². The molecule has 0 saturated heterocycles. The first-order valence-corrected chi connectivity index (χ1v) is 15.6. The van der Waals surface area contributed by atoms with Gasteiger partial charge in [-0.25, -0.2) is 4.85 Å². The number of hydrogen-bond acceptors (Lipinski definition) is 1. The number of pyridine rings is 1. The van der Waals surface area contributed by atoms with E-state index in [9.17, 15) is 0 Å². The van der Waals surface area contributed by atoms with Gasteiger partial charge in [-0.05, 0) is 30.2 Å². The molecule has 0 bridgehead atoms. The summed E-state index contributed by atoms with van der Waals surface area (Å²) in [5.41, 5.74) is 10.3. The molecule has 0 aliphatic carbocycles. The third-order valence-electron chi connectivity index (χ3n) is 7.34. The summed E-state index contributed by atoms with van der Waals surface area (Å²) >= 11 is 0. The Morgan fingerprint density at radius 1 is 0.829 bits per heavy atom. The van der Waals surface area contributed by atoms with Crippen LogP contribution in [0.25, 0.3) is 49.2 Å². The Morgan fingerprint density at radius 3 is 2.09 bits per heavy atom. The number of rotatable bonds is 3. The maximum Gasteiger partial charge on any atom is 0.216 e. The number of fused-ring (bicyclic) bond motifs is 3. The average molecular weight is 476 g/mol. The number of furan rings is 1. The van der Waals surface area contributed by atoms with E-state index in [0.29, 0.717) is 5.69 Å². The van der Waals surface area contributed by atoms with Crippen molar-refractivity contribution in [2.24, 2.45) is 7.05 Å². The van der Waals surface area contributed by atoms with E-state index >= 15 is 0 Å². The Kier molecular flexibility index (Phi) is 5.42. The summed E-state index contributed by atoms with van der Waals surface area (Å²) in [6.07, 6.45) is 0. The Labute approximate surface area is 208 Å². The van der Waals surface area contributed by atoms with Gasteiger partial charge in [0.15, 0.2) is 11.4 Å². The monoisotopic (exact) mass is 475 g/mol. The van der Waals surface area contributed by atoms with Crippen molar-refractivity contribution in [2.75, 3.05) is 0 Å². The van der Waals surface area contributed by atoms with Gasteiger partial charge in [0, 0.05) is 34.9 Å². The van der Waals surface area contributed by atoms with Gasteiger partial charge in [0.1, 0.15) is 18.2 Å². The van der Waals surface area contributed by atoms with Gasteiger partial charge in [0.2, 0.25) is 5.69 Å². The van der Waals surface area contributed by atoms with Gasteiger partial charge >= 0.3 is 0 Å². The molecule has 4 heteroatoms. The third kappa shape index (κ3) is 3.59. The zero-order valence-electron chi connectivity index (χ0n) is 21.6. The molecule has 0 fully saturated rings. The summed E-state index contributed by atoms with van der Waals surface area (Å²) in [6.45, 7) is 21.6. The quantitative estimate of drug-likeness (QED) is 0.148. The second kappa shape index (κ2) is 8.22. The van der Waals surface area contributed by atoms with Crippen LogP contribution in [0.5, 0.6) is 0 Å². The fourth-order valence-corrected chi connectivity index (χ4v) is 7.15. The lowest BCUT2D eigenvalue weighted by atomic mass is 9.97. The van der Waals surface area contributed by atoms with Crippen molar-refractivity contribution >= 4 is 40.9 Å². The van der Waals surface area contributed by atoms with Crippen LogP contribution >= 0.6 is 0 Å². The molecule has 5 aromatic rings. The summed E-state index contributed by atoms with van der Waals surface area (Å²) in [7, 11) is 0.596. The van der Waals surface area contributed by atoms with Gasteiger partial charge in [-0.1, -0.05) is 74.2 Å². The van der Waals surface area contributed by atoms with Crippen molar-refractivity contribution in [2.45, 2.75) is 40.4 Å². The molecule has 0 spiro atoms. The molecule has 35 heavy (non-hydrogen) atoms. The molecule has 2 aromatic heterocycles. The summed E-state index contributed by atoms with van der Waals surface area (Å²) in [5.74, 6) is 0. The van der Waals surface area contributed by atoms with Gasteiger partial charge in [-0.2, -0.15) is 4.57 Å². The number of hydrogen-bond donors (Lipinski definition) is 0. The van der Waals surface area contributed by atoms with Crippen LogP contribution in [0.3, 0.4) is 0 Å². The molecule has 0 amide bonds. The van der Waals surface area contributed by atoms with Crippen LogP contribution in [-0.4, -0.2) is 8.07 Å². The van der Waals surface area contributed by atoms with Crippen molar-refractivity contribution in [1.82, 2.24) is 0 Å². The molecule has 0 atom stereocenters. The van der Waals surface area contributed by atoms with Crippen LogP contribution in [0.1, 0.15) is 16.8 Å². The average Bonchev–Trinajstić information content (AvgIpc) is 3.21. The van der Waals surface area contributed by atoms with E-state index < -0.39 is 8.07 Å². The molecule has 0 N–H and O–H groups in total. The predicted octanol–water partition coefficient (Wildman–Crippen LogP) is 7.77. The largest absolute Gasteiger partial charge is 0.456 e. The minimum absolute atomic E-state index is 0.610. The SMILES string of the molecule is [C-]#[N+]c1ccc2c(oc3c(-c4cc([Si](C)(C)C)c(C)c(C)[n+]4C)c(C)ccc32)c1-c1ccccc1. The molecular formula is C31H31N2OSi+. The minimum Gasteiger partial charge on any atom is -0.456 e. The maximum absolute atomic E-state index is 7.79. The van der Waals surface area contributed by atoms with Crippen LogP contribution in [-0.2, 0) is 7.05 Å². The molecule has 3 aromatic carbocycles. The summed E-state index contributed by atoms with van der Waals surface area (Å²) in [6, 6.07) is 20.8. The highest BCUT2D eigenvalue weighted by Gasteiger charge is 2.29. The summed E-state index contributed by atoms with van der Waals surface area (Å²) in [4.78, 5) is 3.83. The predicted molar refractivity (Wildman–Crippen MR) is 149 cm³/mol. The summed E-state index contributed by atoms with van der Waals surface area (Å²) in [5, 5.41) is 3.61. The van der Waals surface area contributed by atoms with E-state index in [2.05, 4.69) is 75.1 Å². The zero-order valence-corrected chi connectivity index (χ0v) is 22.6. The fraction of sp³-hybridized carbons (Fsp3) is 0.226. The highest BCUT2D eigenvalue weighted by atomic mass is 28.3. The van der Waals surface area contributed by atoms with Crippen LogP contribution in [0.15, 0.2) is 65.1 Å². The van der Waals surface area contributed by atoms with Crippen LogP contribution in [0.4, 0.5) is 5.69 Å². The molecule has 0 saturated carbocycles. The van der Waals surface area contributed by atoms with E-state index in [1.54, 1.807) is 0 Å². The van der Waals surface area contributed by atoms with E-state index in [1.807, 2.05) is 42.5 Å². The van der Waals surface area contributed by atoms with Crippen molar-refractivity contribution in [3.05, 3.63) is 88.9 Å². The number of aryl methyl sites for hydroxylation is 1. The van der Waals surface area contributed by atoms with Gasteiger partial charge < -0.3 is 4.42 Å². The Bertz CT molecular complexity index is 1670. The summed E-state index contributed by atoms with van der Waals surface area (Å²) < 4.78 is 9.05. The number of nitrogens with zero attached hydrogens (tertiary/aromatic N) is 2. The minimum atomic E-state index is -1.56. The van der Waals surface area contributed by atoms with Crippen molar-refractivity contribution < 1.29 is 8.98 Å². The second-order valence-electron chi connectivity index (χ2n) is 10.5. The molecule has 0 radical (unpaired) electrons. The van der Waals surface area contributed by atoms with Gasteiger partial charge in [-0.15, -0.1) is 0 Å². The molecular weight excluding hydrogens is 444 g/mol. The molecule has 3 nitrogen and oxygen atoms in total. The highest BCUT2D eigenvalue weighted by Crippen LogP contribution is 2.44. The van der Waals surface area contributed by atoms with Crippen LogP contribution < -0.4 is 9.75 Å². The van der Waals surface area contributed by atoms with Gasteiger partial charge in [-0.3, -0.25) is 0 Å². The second-order valence-corrected chi connectivity index (χ2v) is 15.6. The molecule has 5 rings (SSSR count). The smallest absolute Gasteiger partial charge is 0.216 e. The van der Waals surface area contributed by atoms with E-state index in [4.69, 9.17) is 11.0 Å². The maximum atomic E-state index is 7.79. The number of benzene rings is 3. The lowest BCUT2D eigenvalue weighted by molar-refractivity contribution is -0.666. The standard InChI is InChI=1S/C31H31N2OSi/c1-19-14-15-23-24-16-17-25(32-4)29(22-12-10-9-11-13-22)31(24)34-30(23)28(19)26-18-27(35(6,7)8)20(2)21(3)33(26)5/h9-18H,1-3,5-8H3/q+1. The molecule has 0 aliphatic rings. The topological polar surface area (TPSA) is 21.4 Å². The lowest BCUT2D eigenvalue weighted by Crippen LogP contribution is -2.46. The zero-order chi connectivity index (χ0) is 25.1. The normalized spacial score (nSPS) is 11.8. The number of aromatic nitrogens is 1. The lowest BCUT2D eigenvalue weighted by Gasteiger charge is -2.21. The highest BCUT2D eigenvalue weighted by molar-refractivity contribution is 6.89. The fourth-order valence-electron chi connectivity index (χ4n) is 5.27. The molecule has 0 unspecified atom stereocenters. The van der Waals surface area contributed by atoms with Crippen molar-refractivity contribution in [1.29, 1.82) is 0 Å². The van der Waals surface area contributed by atoms with Crippen molar-refractivity contribution in [3.63, 3.8) is 0 Å². The Hall–Kier alpha value is -3.68. The Balaban J connectivity index is 1.92. The van der Waals surface area contributed by atoms with E-state index in [1.165, 1.54) is 27.7 Å². The first kappa shape index (κ1) is 23.1.